The molecule has 3 heteroatoms. The minimum Gasteiger partial charge on any atom is -0.305 e. The van der Waals surface area contributed by atoms with Crippen LogP contribution in [0.15, 0.2) is 53.3 Å². The highest BCUT2D eigenvalue weighted by atomic mass is 16.1. The van der Waals surface area contributed by atoms with Crippen molar-refractivity contribution in [3.05, 3.63) is 64.4 Å². The lowest BCUT2D eigenvalue weighted by Crippen LogP contribution is -2.24. The summed E-state index contributed by atoms with van der Waals surface area (Å²) in [5.41, 5.74) is 4.33. The second-order valence-electron chi connectivity index (χ2n) is 5.57. The standard InChI is InChI=1S/C19H20N2O/c1-3-4-13-21-17-12-8-7-11-16(17)20-18(19(21)22)15-10-6-5-9-14(15)2/h5-12H,3-4,13H2,1-2H3. The van der Waals surface area contributed by atoms with Gasteiger partial charge in [-0.2, -0.15) is 0 Å². The van der Waals surface area contributed by atoms with Gasteiger partial charge in [-0.15, -0.1) is 0 Å². The Balaban J connectivity index is 2.30. The van der Waals surface area contributed by atoms with Crippen LogP contribution in [0.5, 0.6) is 0 Å². The minimum absolute atomic E-state index is 0.00134. The second-order valence-corrected chi connectivity index (χ2v) is 5.57. The molecule has 0 aliphatic carbocycles. The molecule has 0 spiro atoms. The number of hydrogen-bond acceptors (Lipinski definition) is 2. The molecule has 0 aliphatic rings. The van der Waals surface area contributed by atoms with Gasteiger partial charge in [0.15, 0.2) is 0 Å². The smallest absolute Gasteiger partial charge is 0.277 e. The van der Waals surface area contributed by atoms with E-state index in [0.717, 1.165) is 41.5 Å². The number of unbranched alkanes of at least 4 members (excludes halogenated alkanes) is 1. The van der Waals surface area contributed by atoms with E-state index in [-0.39, 0.29) is 5.56 Å². The molecule has 0 atom stereocenters. The number of hydrogen-bond donors (Lipinski definition) is 0. The number of rotatable bonds is 4. The molecule has 0 saturated heterocycles. The highest BCUT2D eigenvalue weighted by Crippen LogP contribution is 2.21. The van der Waals surface area contributed by atoms with Crippen LogP contribution in [0.1, 0.15) is 25.3 Å². The quantitative estimate of drug-likeness (QED) is 0.723. The fraction of sp³-hybridized carbons (Fsp3) is 0.263. The van der Waals surface area contributed by atoms with Crippen molar-refractivity contribution < 1.29 is 0 Å². The lowest BCUT2D eigenvalue weighted by atomic mass is 10.1. The van der Waals surface area contributed by atoms with Crippen LogP contribution in [-0.4, -0.2) is 9.55 Å². The maximum Gasteiger partial charge on any atom is 0.277 e. The lowest BCUT2D eigenvalue weighted by Gasteiger charge is -2.13. The minimum atomic E-state index is 0.00134. The van der Waals surface area contributed by atoms with Gasteiger partial charge in [0.05, 0.1) is 11.0 Å². The van der Waals surface area contributed by atoms with Gasteiger partial charge in [0.2, 0.25) is 0 Å². The van der Waals surface area contributed by atoms with Crippen molar-refractivity contribution in [1.29, 1.82) is 0 Å². The number of nitrogens with zero attached hydrogens (tertiary/aromatic N) is 2. The van der Waals surface area contributed by atoms with Crippen LogP contribution in [-0.2, 0) is 6.54 Å². The van der Waals surface area contributed by atoms with Crippen LogP contribution in [0.25, 0.3) is 22.3 Å². The second kappa shape index (κ2) is 6.14. The van der Waals surface area contributed by atoms with Gasteiger partial charge in [-0.3, -0.25) is 4.79 Å². The Morgan fingerprint density at radius 2 is 1.77 bits per heavy atom. The number of para-hydroxylation sites is 2. The van der Waals surface area contributed by atoms with Gasteiger partial charge >= 0.3 is 0 Å². The number of aryl methyl sites for hydroxylation is 2. The SMILES string of the molecule is CCCCn1c(=O)c(-c2ccccc2C)nc2ccccc21. The molecule has 0 fully saturated rings. The average Bonchev–Trinajstić information content (AvgIpc) is 2.54. The maximum absolute atomic E-state index is 12.9. The molecule has 3 nitrogen and oxygen atoms in total. The third kappa shape index (κ3) is 2.54. The zero-order valence-corrected chi connectivity index (χ0v) is 13.0. The first kappa shape index (κ1) is 14.5. The predicted molar refractivity (Wildman–Crippen MR) is 91.1 cm³/mol. The molecule has 0 unspecified atom stereocenters. The zero-order valence-electron chi connectivity index (χ0n) is 13.0. The highest BCUT2D eigenvalue weighted by molar-refractivity contribution is 5.78. The largest absolute Gasteiger partial charge is 0.305 e. The van der Waals surface area contributed by atoms with Crippen LogP contribution in [0.2, 0.25) is 0 Å². The van der Waals surface area contributed by atoms with Crippen LogP contribution in [0.3, 0.4) is 0 Å². The molecular formula is C19H20N2O. The first-order valence-electron chi connectivity index (χ1n) is 7.78. The Bertz CT molecular complexity index is 865. The van der Waals surface area contributed by atoms with Crippen molar-refractivity contribution in [3.63, 3.8) is 0 Å². The topological polar surface area (TPSA) is 34.9 Å². The molecule has 0 bridgehead atoms. The van der Waals surface area contributed by atoms with Crippen molar-refractivity contribution in [3.8, 4) is 11.3 Å². The summed E-state index contributed by atoms with van der Waals surface area (Å²) < 4.78 is 1.87. The number of fused-ring (bicyclic) bond motifs is 1. The number of benzene rings is 2. The van der Waals surface area contributed by atoms with E-state index < -0.39 is 0 Å². The summed E-state index contributed by atoms with van der Waals surface area (Å²) in [5.74, 6) is 0. The fourth-order valence-electron chi connectivity index (χ4n) is 2.74. The molecule has 3 rings (SSSR count). The van der Waals surface area contributed by atoms with E-state index in [4.69, 9.17) is 0 Å². The Kier molecular flexibility index (Phi) is 4.05. The van der Waals surface area contributed by atoms with E-state index in [9.17, 15) is 4.79 Å². The monoisotopic (exact) mass is 292 g/mol. The highest BCUT2D eigenvalue weighted by Gasteiger charge is 2.13. The van der Waals surface area contributed by atoms with Crippen LogP contribution in [0.4, 0.5) is 0 Å². The third-order valence-corrected chi connectivity index (χ3v) is 3.99. The van der Waals surface area contributed by atoms with Gasteiger partial charge in [0.1, 0.15) is 5.69 Å². The van der Waals surface area contributed by atoms with E-state index in [1.807, 2.05) is 60.0 Å². The molecule has 112 valence electrons. The summed E-state index contributed by atoms with van der Waals surface area (Å²) in [6.45, 7) is 4.88. The van der Waals surface area contributed by atoms with Crippen molar-refractivity contribution in [1.82, 2.24) is 9.55 Å². The molecule has 1 heterocycles. The molecule has 0 saturated carbocycles. The van der Waals surface area contributed by atoms with E-state index in [0.29, 0.717) is 5.69 Å². The molecule has 1 aromatic heterocycles. The predicted octanol–water partition coefficient (Wildman–Crippen LogP) is 4.17. The van der Waals surface area contributed by atoms with Crippen molar-refractivity contribution >= 4 is 11.0 Å². The van der Waals surface area contributed by atoms with Gasteiger partial charge in [-0.1, -0.05) is 49.7 Å². The first-order chi connectivity index (χ1) is 10.7. The summed E-state index contributed by atoms with van der Waals surface area (Å²) in [6.07, 6.45) is 2.05. The summed E-state index contributed by atoms with van der Waals surface area (Å²) in [6, 6.07) is 15.8. The van der Waals surface area contributed by atoms with Gasteiger partial charge in [0, 0.05) is 12.1 Å². The van der Waals surface area contributed by atoms with Crippen LogP contribution >= 0.6 is 0 Å². The summed E-state index contributed by atoms with van der Waals surface area (Å²) in [5, 5.41) is 0. The van der Waals surface area contributed by atoms with Crippen LogP contribution < -0.4 is 5.56 Å². The van der Waals surface area contributed by atoms with Gasteiger partial charge in [-0.05, 0) is 31.0 Å². The van der Waals surface area contributed by atoms with E-state index in [2.05, 4.69) is 11.9 Å². The maximum atomic E-state index is 12.9. The molecule has 0 amide bonds. The molecule has 3 aromatic rings. The molecule has 0 aliphatic heterocycles. The van der Waals surface area contributed by atoms with E-state index in [1.54, 1.807) is 0 Å². The van der Waals surface area contributed by atoms with Gasteiger partial charge in [-0.25, -0.2) is 4.98 Å². The molecule has 2 aromatic carbocycles. The summed E-state index contributed by atoms with van der Waals surface area (Å²) in [7, 11) is 0. The summed E-state index contributed by atoms with van der Waals surface area (Å²) >= 11 is 0. The van der Waals surface area contributed by atoms with Crippen molar-refractivity contribution in [2.45, 2.75) is 33.2 Å². The Labute approximate surface area is 130 Å². The van der Waals surface area contributed by atoms with Gasteiger partial charge in [0.25, 0.3) is 5.56 Å². The van der Waals surface area contributed by atoms with E-state index in [1.165, 1.54) is 0 Å². The number of aromatic nitrogens is 2. The molecule has 22 heavy (non-hydrogen) atoms. The normalized spacial score (nSPS) is 11.0. The Morgan fingerprint density at radius 1 is 1.05 bits per heavy atom. The molecule has 0 radical (unpaired) electrons. The summed E-state index contributed by atoms with van der Waals surface area (Å²) in [4.78, 5) is 17.6. The Morgan fingerprint density at radius 3 is 2.55 bits per heavy atom. The zero-order chi connectivity index (χ0) is 15.5. The fourth-order valence-corrected chi connectivity index (χ4v) is 2.74. The van der Waals surface area contributed by atoms with Crippen LogP contribution in [0, 0.1) is 6.92 Å². The molecular weight excluding hydrogens is 272 g/mol. The average molecular weight is 292 g/mol. The van der Waals surface area contributed by atoms with Crippen molar-refractivity contribution in [2.24, 2.45) is 0 Å². The third-order valence-electron chi connectivity index (χ3n) is 3.99. The van der Waals surface area contributed by atoms with Crippen molar-refractivity contribution in [2.75, 3.05) is 0 Å². The molecule has 0 N–H and O–H groups in total. The Hall–Kier alpha value is -2.42. The van der Waals surface area contributed by atoms with E-state index >= 15 is 0 Å². The van der Waals surface area contributed by atoms with Gasteiger partial charge < -0.3 is 4.57 Å². The lowest BCUT2D eigenvalue weighted by molar-refractivity contribution is 0.630. The first-order valence-corrected chi connectivity index (χ1v) is 7.78.